The lowest BCUT2D eigenvalue weighted by molar-refractivity contribution is -0.159. The van der Waals surface area contributed by atoms with Crippen LogP contribution in [0.5, 0.6) is 0 Å². The molecule has 1 aromatic rings. The number of alkyl halides is 3. The maximum atomic E-state index is 11.9. The molecule has 0 aliphatic heterocycles. The molecule has 5 nitrogen and oxygen atoms in total. The van der Waals surface area contributed by atoms with E-state index in [2.05, 4.69) is 10.1 Å². The molecule has 0 fully saturated rings. The summed E-state index contributed by atoms with van der Waals surface area (Å²) in [5.41, 5.74) is 5.23. The summed E-state index contributed by atoms with van der Waals surface area (Å²) in [6.07, 6.45) is -5.81. The summed E-state index contributed by atoms with van der Waals surface area (Å²) in [4.78, 5) is 22.4. The van der Waals surface area contributed by atoms with E-state index < -0.39 is 24.8 Å². The molecule has 0 bridgehead atoms. The number of hydrogen-bond donors (Lipinski definition) is 2. The van der Waals surface area contributed by atoms with Gasteiger partial charge in [-0.05, 0) is 12.1 Å². The van der Waals surface area contributed by atoms with Gasteiger partial charge in [0.05, 0.1) is 11.4 Å². The van der Waals surface area contributed by atoms with Crippen molar-refractivity contribution in [2.24, 2.45) is 5.73 Å². The standard InChI is InChI=1S/C11H11F3N2O3S/c12-11(13,14)6-19-10(18)16-7-3-1-2-4-8(7)20-5-9(15)17/h1-4H,5-6H2,(H2,15,17)(H,16,18). The van der Waals surface area contributed by atoms with Crippen molar-refractivity contribution in [2.75, 3.05) is 17.7 Å². The van der Waals surface area contributed by atoms with Gasteiger partial charge in [-0.25, -0.2) is 4.79 Å². The summed E-state index contributed by atoms with van der Waals surface area (Å²) in [5.74, 6) is -0.569. The fraction of sp³-hybridized carbons (Fsp3) is 0.273. The van der Waals surface area contributed by atoms with E-state index in [1.54, 1.807) is 18.2 Å². The van der Waals surface area contributed by atoms with E-state index in [0.29, 0.717) is 4.90 Å². The Morgan fingerprint density at radius 2 is 1.95 bits per heavy atom. The van der Waals surface area contributed by atoms with Crippen molar-refractivity contribution in [2.45, 2.75) is 11.1 Å². The van der Waals surface area contributed by atoms with Crippen LogP contribution in [0, 0.1) is 0 Å². The first-order chi connectivity index (χ1) is 9.28. The third kappa shape index (κ3) is 6.32. The van der Waals surface area contributed by atoms with E-state index in [4.69, 9.17) is 5.73 Å². The van der Waals surface area contributed by atoms with E-state index in [1.807, 2.05) is 0 Å². The molecule has 9 heteroatoms. The molecule has 0 saturated heterocycles. The zero-order valence-electron chi connectivity index (χ0n) is 10.1. The molecule has 0 spiro atoms. The molecule has 110 valence electrons. The van der Waals surface area contributed by atoms with Gasteiger partial charge in [-0.1, -0.05) is 12.1 Å². The molecular weight excluding hydrogens is 297 g/mol. The van der Waals surface area contributed by atoms with Gasteiger partial charge in [0.25, 0.3) is 0 Å². The van der Waals surface area contributed by atoms with Gasteiger partial charge in [-0.15, -0.1) is 11.8 Å². The molecule has 1 aromatic carbocycles. The number of carbonyl (C=O) groups excluding carboxylic acids is 2. The Balaban J connectivity index is 2.62. The Labute approximate surface area is 116 Å². The van der Waals surface area contributed by atoms with E-state index in [-0.39, 0.29) is 11.4 Å². The average Bonchev–Trinajstić information content (AvgIpc) is 2.34. The molecular formula is C11H11F3N2O3S. The van der Waals surface area contributed by atoms with E-state index in [1.165, 1.54) is 6.07 Å². The maximum Gasteiger partial charge on any atom is 0.422 e. The van der Waals surface area contributed by atoms with E-state index in [0.717, 1.165) is 11.8 Å². The number of benzene rings is 1. The summed E-state index contributed by atoms with van der Waals surface area (Å²) in [6, 6.07) is 6.29. The average molecular weight is 308 g/mol. The van der Waals surface area contributed by atoms with Crippen molar-refractivity contribution in [3.05, 3.63) is 24.3 Å². The third-order valence-electron chi connectivity index (χ3n) is 1.86. The number of amides is 2. The number of nitrogens with one attached hydrogen (secondary N) is 1. The topological polar surface area (TPSA) is 81.4 Å². The van der Waals surface area contributed by atoms with Gasteiger partial charge in [0.1, 0.15) is 0 Å². The number of para-hydroxylation sites is 1. The van der Waals surface area contributed by atoms with Crippen LogP contribution in [0.3, 0.4) is 0 Å². The quantitative estimate of drug-likeness (QED) is 0.818. The first kappa shape index (κ1) is 16.2. The first-order valence-electron chi connectivity index (χ1n) is 5.28. The van der Waals surface area contributed by atoms with Crippen molar-refractivity contribution in [1.29, 1.82) is 0 Å². The lowest BCUT2D eigenvalue weighted by Gasteiger charge is -2.11. The number of thioether (sulfide) groups is 1. The second-order valence-electron chi connectivity index (χ2n) is 3.57. The Morgan fingerprint density at radius 1 is 1.30 bits per heavy atom. The number of anilines is 1. The van der Waals surface area contributed by atoms with Crippen molar-refractivity contribution in [3.63, 3.8) is 0 Å². The maximum absolute atomic E-state index is 11.9. The summed E-state index contributed by atoms with van der Waals surface area (Å²) in [5, 5.41) is 2.17. The molecule has 0 saturated carbocycles. The second-order valence-corrected chi connectivity index (χ2v) is 4.58. The van der Waals surface area contributed by atoms with Gasteiger partial charge in [0.2, 0.25) is 5.91 Å². The molecule has 20 heavy (non-hydrogen) atoms. The van der Waals surface area contributed by atoms with Crippen molar-refractivity contribution < 1.29 is 27.5 Å². The fourth-order valence-corrected chi connectivity index (χ4v) is 1.89. The first-order valence-corrected chi connectivity index (χ1v) is 6.27. The molecule has 0 unspecified atom stereocenters. The number of rotatable bonds is 5. The Hall–Kier alpha value is -1.90. The minimum absolute atomic E-state index is 0.0176. The fourth-order valence-electron chi connectivity index (χ4n) is 1.14. The van der Waals surface area contributed by atoms with Crippen molar-refractivity contribution >= 4 is 29.4 Å². The van der Waals surface area contributed by atoms with Crippen LogP contribution in [0.4, 0.5) is 23.7 Å². The summed E-state index contributed by atoms with van der Waals surface area (Å²) in [7, 11) is 0. The normalized spacial score (nSPS) is 10.9. The Kier molecular flexibility index (Phi) is 5.68. The summed E-state index contributed by atoms with van der Waals surface area (Å²) in [6.45, 7) is -1.67. The van der Waals surface area contributed by atoms with Crippen LogP contribution in [0.1, 0.15) is 0 Å². The minimum atomic E-state index is -4.59. The molecule has 1 rings (SSSR count). The molecule has 0 atom stereocenters. The van der Waals surface area contributed by atoms with Gasteiger partial charge in [0.15, 0.2) is 6.61 Å². The molecule has 3 N–H and O–H groups in total. The lowest BCUT2D eigenvalue weighted by atomic mass is 10.3. The SMILES string of the molecule is NC(=O)CSc1ccccc1NC(=O)OCC(F)(F)F. The van der Waals surface area contributed by atoms with E-state index in [9.17, 15) is 22.8 Å². The number of halogens is 3. The van der Waals surface area contributed by atoms with Crippen LogP contribution >= 0.6 is 11.8 Å². The number of primary amides is 1. The predicted octanol–water partition coefficient (Wildman–Crippen LogP) is 2.37. The number of nitrogens with two attached hydrogens (primary N) is 1. The molecule has 0 heterocycles. The Bertz CT molecular complexity index is 494. The number of hydrogen-bond acceptors (Lipinski definition) is 4. The summed E-state index contributed by atoms with van der Waals surface area (Å²) >= 11 is 1.05. The summed E-state index contributed by atoms with van der Waals surface area (Å²) < 4.78 is 39.7. The van der Waals surface area contributed by atoms with E-state index >= 15 is 0 Å². The smallest absolute Gasteiger partial charge is 0.422 e. The molecule has 0 aliphatic rings. The van der Waals surface area contributed by atoms with Gasteiger partial charge in [0, 0.05) is 4.90 Å². The highest BCUT2D eigenvalue weighted by Gasteiger charge is 2.29. The zero-order valence-corrected chi connectivity index (χ0v) is 10.9. The van der Waals surface area contributed by atoms with Crippen LogP contribution in [-0.4, -0.2) is 30.5 Å². The van der Waals surface area contributed by atoms with Crippen LogP contribution in [0.2, 0.25) is 0 Å². The van der Waals surface area contributed by atoms with Gasteiger partial charge < -0.3 is 10.5 Å². The molecule has 0 radical (unpaired) electrons. The van der Waals surface area contributed by atoms with Gasteiger partial charge in [-0.2, -0.15) is 13.2 Å². The van der Waals surface area contributed by atoms with Crippen LogP contribution < -0.4 is 11.1 Å². The highest BCUT2D eigenvalue weighted by Crippen LogP contribution is 2.27. The van der Waals surface area contributed by atoms with Crippen LogP contribution in [-0.2, 0) is 9.53 Å². The Morgan fingerprint density at radius 3 is 2.55 bits per heavy atom. The van der Waals surface area contributed by atoms with Crippen LogP contribution in [0.25, 0.3) is 0 Å². The number of carbonyl (C=O) groups is 2. The highest BCUT2D eigenvalue weighted by molar-refractivity contribution is 8.00. The second kappa shape index (κ2) is 7.04. The predicted molar refractivity (Wildman–Crippen MR) is 67.4 cm³/mol. The molecule has 0 aromatic heterocycles. The highest BCUT2D eigenvalue weighted by atomic mass is 32.2. The minimum Gasteiger partial charge on any atom is -0.440 e. The monoisotopic (exact) mass is 308 g/mol. The largest absolute Gasteiger partial charge is 0.440 e. The van der Waals surface area contributed by atoms with Crippen LogP contribution in [0.15, 0.2) is 29.2 Å². The van der Waals surface area contributed by atoms with Gasteiger partial charge in [-0.3, -0.25) is 10.1 Å². The van der Waals surface area contributed by atoms with Gasteiger partial charge >= 0.3 is 12.3 Å². The number of ether oxygens (including phenoxy) is 1. The molecule has 2 amide bonds. The van der Waals surface area contributed by atoms with Crippen molar-refractivity contribution in [3.8, 4) is 0 Å². The molecule has 0 aliphatic carbocycles. The third-order valence-corrected chi connectivity index (χ3v) is 2.96. The zero-order chi connectivity index (χ0) is 15.2. The van der Waals surface area contributed by atoms with Crippen molar-refractivity contribution in [1.82, 2.24) is 0 Å². The lowest BCUT2D eigenvalue weighted by Crippen LogP contribution is -2.23.